The third-order valence-electron chi connectivity index (χ3n) is 2.65. The lowest BCUT2D eigenvalue weighted by atomic mass is 10.2. The standard InChI is InChI=1S/C12H10N4O2/c1-8-10(12(17)18)6-15-16(8)7-9-3-2-4-14-11(9)5-13/h2-4,6H,7H2,1H3,(H,17,18). The average molecular weight is 242 g/mol. The minimum atomic E-state index is -1.01. The second kappa shape index (κ2) is 4.67. The summed E-state index contributed by atoms with van der Waals surface area (Å²) in [6.45, 7) is 2.01. The summed E-state index contributed by atoms with van der Waals surface area (Å²) in [5.41, 5.74) is 1.75. The Hall–Kier alpha value is -2.68. The van der Waals surface area contributed by atoms with E-state index in [1.54, 1.807) is 29.9 Å². The molecule has 0 aliphatic rings. The van der Waals surface area contributed by atoms with Crippen LogP contribution in [0.1, 0.15) is 27.3 Å². The quantitative estimate of drug-likeness (QED) is 0.873. The Balaban J connectivity index is 2.35. The molecule has 0 aromatic carbocycles. The predicted molar refractivity (Wildman–Crippen MR) is 62.0 cm³/mol. The van der Waals surface area contributed by atoms with Crippen molar-refractivity contribution >= 4 is 5.97 Å². The van der Waals surface area contributed by atoms with Crippen LogP contribution in [-0.2, 0) is 6.54 Å². The van der Waals surface area contributed by atoms with Gasteiger partial charge in [0.2, 0.25) is 0 Å². The summed E-state index contributed by atoms with van der Waals surface area (Å²) in [6.07, 6.45) is 2.85. The van der Waals surface area contributed by atoms with Crippen LogP contribution in [0.2, 0.25) is 0 Å². The topological polar surface area (TPSA) is 91.8 Å². The smallest absolute Gasteiger partial charge is 0.339 e. The van der Waals surface area contributed by atoms with Crippen LogP contribution >= 0.6 is 0 Å². The number of rotatable bonds is 3. The first-order valence-corrected chi connectivity index (χ1v) is 5.23. The molecule has 0 fully saturated rings. The number of nitriles is 1. The van der Waals surface area contributed by atoms with E-state index in [0.717, 1.165) is 0 Å². The van der Waals surface area contributed by atoms with Crippen LogP contribution in [0.4, 0.5) is 0 Å². The van der Waals surface area contributed by atoms with Crippen LogP contribution in [0.25, 0.3) is 0 Å². The Kier molecular flexibility index (Phi) is 3.06. The van der Waals surface area contributed by atoms with Crippen LogP contribution < -0.4 is 0 Å². The van der Waals surface area contributed by atoms with Gasteiger partial charge in [0.1, 0.15) is 17.3 Å². The molecule has 0 unspecified atom stereocenters. The molecule has 0 amide bonds. The second-order valence-electron chi connectivity index (χ2n) is 3.73. The zero-order valence-electron chi connectivity index (χ0n) is 9.66. The summed E-state index contributed by atoms with van der Waals surface area (Å²) < 4.78 is 1.54. The molecule has 0 atom stereocenters. The zero-order valence-corrected chi connectivity index (χ0v) is 9.66. The molecule has 6 nitrogen and oxygen atoms in total. The molecule has 0 saturated heterocycles. The summed E-state index contributed by atoms with van der Waals surface area (Å²) in [5.74, 6) is -1.01. The Bertz CT molecular complexity index is 640. The maximum atomic E-state index is 10.9. The van der Waals surface area contributed by atoms with E-state index >= 15 is 0 Å². The van der Waals surface area contributed by atoms with Crippen molar-refractivity contribution < 1.29 is 9.90 Å². The Morgan fingerprint density at radius 3 is 3.00 bits per heavy atom. The molecule has 90 valence electrons. The van der Waals surface area contributed by atoms with E-state index in [9.17, 15) is 4.79 Å². The van der Waals surface area contributed by atoms with Crippen molar-refractivity contribution in [1.29, 1.82) is 5.26 Å². The first-order chi connectivity index (χ1) is 8.63. The van der Waals surface area contributed by atoms with E-state index in [4.69, 9.17) is 10.4 Å². The molecule has 0 aliphatic carbocycles. The predicted octanol–water partition coefficient (Wildman–Crippen LogP) is 1.20. The van der Waals surface area contributed by atoms with Gasteiger partial charge >= 0.3 is 5.97 Å². The highest BCUT2D eigenvalue weighted by atomic mass is 16.4. The van der Waals surface area contributed by atoms with Gasteiger partial charge in [0.05, 0.1) is 18.4 Å². The van der Waals surface area contributed by atoms with Gasteiger partial charge in [-0.3, -0.25) is 4.68 Å². The fraction of sp³-hybridized carbons (Fsp3) is 0.167. The van der Waals surface area contributed by atoms with Crippen LogP contribution in [0.5, 0.6) is 0 Å². The molecule has 18 heavy (non-hydrogen) atoms. The van der Waals surface area contributed by atoms with Crippen molar-refractivity contribution in [3.63, 3.8) is 0 Å². The maximum Gasteiger partial charge on any atom is 0.339 e. The molecule has 6 heteroatoms. The normalized spacial score (nSPS) is 10.0. The molecule has 0 saturated carbocycles. The van der Waals surface area contributed by atoms with Gasteiger partial charge in [0, 0.05) is 11.8 Å². The summed E-state index contributed by atoms with van der Waals surface area (Å²) in [7, 11) is 0. The molecule has 1 N–H and O–H groups in total. The molecule has 0 bridgehead atoms. The monoisotopic (exact) mass is 242 g/mol. The van der Waals surface area contributed by atoms with Crippen LogP contribution in [-0.4, -0.2) is 25.8 Å². The lowest BCUT2D eigenvalue weighted by Gasteiger charge is -2.05. The van der Waals surface area contributed by atoms with E-state index < -0.39 is 5.97 Å². The molecule has 2 aromatic rings. The van der Waals surface area contributed by atoms with Crippen LogP contribution in [0, 0.1) is 18.3 Å². The number of pyridine rings is 1. The van der Waals surface area contributed by atoms with Gasteiger partial charge in [-0.05, 0) is 13.0 Å². The highest BCUT2D eigenvalue weighted by Gasteiger charge is 2.13. The fourth-order valence-corrected chi connectivity index (χ4v) is 1.64. The number of carboxylic acid groups (broad SMARTS) is 1. The summed E-state index contributed by atoms with van der Waals surface area (Å²) >= 11 is 0. The fourth-order valence-electron chi connectivity index (χ4n) is 1.64. The number of nitrogens with zero attached hydrogens (tertiary/aromatic N) is 4. The van der Waals surface area contributed by atoms with Crippen molar-refractivity contribution in [2.75, 3.05) is 0 Å². The lowest BCUT2D eigenvalue weighted by molar-refractivity contribution is 0.0696. The van der Waals surface area contributed by atoms with Crippen molar-refractivity contribution in [2.24, 2.45) is 0 Å². The first kappa shape index (κ1) is 11.8. The van der Waals surface area contributed by atoms with Crippen molar-refractivity contribution in [1.82, 2.24) is 14.8 Å². The number of hydrogen-bond acceptors (Lipinski definition) is 4. The Labute approximate surface area is 103 Å². The minimum Gasteiger partial charge on any atom is -0.478 e. The number of aromatic nitrogens is 3. The van der Waals surface area contributed by atoms with Gasteiger partial charge in [-0.25, -0.2) is 9.78 Å². The third kappa shape index (κ3) is 2.06. The van der Waals surface area contributed by atoms with E-state index in [1.165, 1.54) is 6.20 Å². The molecule has 0 aliphatic heterocycles. The zero-order chi connectivity index (χ0) is 13.1. The second-order valence-corrected chi connectivity index (χ2v) is 3.73. The SMILES string of the molecule is Cc1c(C(=O)O)cnn1Cc1cccnc1C#N. The van der Waals surface area contributed by atoms with Crippen molar-refractivity contribution in [2.45, 2.75) is 13.5 Å². The highest BCUT2D eigenvalue weighted by molar-refractivity contribution is 5.88. The molecule has 2 heterocycles. The van der Waals surface area contributed by atoms with Gasteiger partial charge in [0.15, 0.2) is 0 Å². The van der Waals surface area contributed by atoms with Crippen molar-refractivity contribution in [3.05, 3.63) is 47.0 Å². The van der Waals surface area contributed by atoms with Crippen molar-refractivity contribution in [3.8, 4) is 6.07 Å². The summed E-state index contributed by atoms with van der Waals surface area (Å²) in [5, 5.41) is 21.9. The van der Waals surface area contributed by atoms with Gasteiger partial charge in [-0.15, -0.1) is 0 Å². The number of carbonyl (C=O) groups is 1. The van der Waals surface area contributed by atoms with Crippen LogP contribution in [0.3, 0.4) is 0 Å². The molecule has 0 radical (unpaired) electrons. The molecular formula is C12H10N4O2. The molecule has 2 rings (SSSR count). The number of aromatic carboxylic acids is 1. The first-order valence-electron chi connectivity index (χ1n) is 5.23. The molecule has 0 spiro atoms. The van der Waals surface area contributed by atoms with E-state index in [0.29, 0.717) is 23.5 Å². The van der Waals surface area contributed by atoms with Gasteiger partial charge in [0.25, 0.3) is 0 Å². The Morgan fingerprint density at radius 2 is 2.39 bits per heavy atom. The van der Waals surface area contributed by atoms with E-state index in [1.807, 2.05) is 6.07 Å². The number of carboxylic acids is 1. The summed E-state index contributed by atoms with van der Waals surface area (Å²) in [4.78, 5) is 14.8. The Morgan fingerprint density at radius 1 is 1.61 bits per heavy atom. The van der Waals surface area contributed by atoms with Gasteiger partial charge in [-0.1, -0.05) is 6.07 Å². The minimum absolute atomic E-state index is 0.164. The van der Waals surface area contributed by atoms with E-state index in [-0.39, 0.29) is 5.56 Å². The van der Waals surface area contributed by atoms with E-state index in [2.05, 4.69) is 10.1 Å². The van der Waals surface area contributed by atoms with Gasteiger partial charge in [-0.2, -0.15) is 10.4 Å². The van der Waals surface area contributed by atoms with Crippen LogP contribution in [0.15, 0.2) is 24.5 Å². The molecule has 2 aromatic heterocycles. The average Bonchev–Trinajstić information content (AvgIpc) is 2.72. The largest absolute Gasteiger partial charge is 0.478 e. The number of hydrogen-bond donors (Lipinski definition) is 1. The highest BCUT2D eigenvalue weighted by Crippen LogP contribution is 2.11. The maximum absolute atomic E-state index is 10.9. The lowest BCUT2D eigenvalue weighted by Crippen LogP contribution is -2.07. The third-order valence-corrected chi connectivity index (χ3v) is 2.65. The summed E-state index contributed by atoms with van der Waals surface area (Å²) in [6, 6.07) is 5.50. The molecular weight excluding hydrogens is 232 g/mol. The van der Waals surface area contributed by atoms with Gasteiger partial charge < -0.3 is 5.11 Å².